The Labute approximate surface area is 272 Å². The second-order valence-corrected chi connectivity index (χ2v) is 12.6. The summed E-state index contributed by atoms with van der Waals surface area (Å²) >= 11 is 6.83. The van der Waals surface area contributed by atoms with Gasteiger partial charge >= 0.3 is 32.4 Å². The number of nitrogens with zero attached hydrogens (tertiary/aromatic N) is 4. The van der Waals surface area contributed by atoms with Gasteiger partial charge in [-0.3, -0.25) is 9.98 Å². The van der Waals surface area contributed by atoms with Crippen LogP contribution in [0.1, 0.15) is 100 Å². The van der Waals surface area contributed by atoms with Gasteiger partial charge in [-0.05, 0) is 40.5 Å². The van der Waals surface area contributed by atoms with Crippen LogP contribution in [-0.2, 0) is 29.9 Å². The molecule has 0 fully saturated rings. The predicted octanol–water partition coefficient (Wildman–Crippen LogP) is 7.63. The van der Waals surface area contributed by atoms with Crippen LogP contribution in [0.4, 0.5) is 0 Å². The van der Waals surface area contributed by atoms with E-state index in [-0.39, 0.29) is 43.2 Å². The number of ether oxygens (including phenoxy) is 2. The molecule has 11 heteroatoms. The first-order chi connectivity index (χ1) is 18.7. The number of allylic oxidation sites excluding steroid dienone is 2. The molecular formula is C30H36Br2N4O4Pd. The minimum absolute atomic E-state index is 0. The quantitative estimate of drug-likeness (QED) is 0.221. The second kappa shape index (κ2) is 14.4. The summed E-state index contributed by atoms with van der Waals surface area (Å²) in [5.74, 6) is -0.717. The fourth-order valence-electron chi connectivity index (χ4n) is 4.13. The second-order valence-electron chi connectivity index (χ2n) is 11.0. The summed E-state index contributed by atoms with van der Waals surface area (Å²) in [5.41, 5.74) is 6.75. The zero-order valence-electron chi connectivity index (χ0n) is 24.6. The molecule has 2 aliphatic rings. The molecule has 0 aliphatic carbocycles. The number of esters is 2. The van der Waals surface area contributed by atoms with Crippen LogP contribution in [-0.4, -0.2) is 36.6 Å². The van der Waals surface area contributed by atoms with Crippen molar-refractivity contribution in [2.24, 2.45) is 20.8 Å². The van der Waals surface area contributed by atoms with Crippen molar-refractivity contribution in [2.45, 2.75) is 68.2 Å². The third-order valence-electron chi connectivity index (χ3n) is 7.01. The van der Waals surface area contributed by atoms with Crippen molar-refractivity contribution in [3.8, 4) is 0 Å². The molecule has 41 heavy (non-hydrogen) atoms. The minimum Gasteiger partial charge on any atom is -0.662 e. The Hall–Kier alpha value is -2.06. The number of hydrogen-bond acceptors (Lipinski definition) is 6. The number of aromatic nitrogens is 2. The van der Waals surface area contributed by atoms with Gasteiger partial charge in [0.05, 0.1) is 24.3 Å². The van der Waals surface area contributed by atoms with Gasteiger partial charge in [0, 0.05) is 42.6 Å². The van der Waals surface area contributed by atoms with E-state index in [1.807, 2.05) is 26.0 Å². The molecule has 4 rings (SSSR count). The molecule has 2 aromatic rings. The fraction of sp³-hybridized carbons (Fsp3) is 0.467. The van der Waals surface area contributed by atoms with Gasteiger partial charge in [0.15, 0.2) is 0 Å². The van der Waals surface area contributed by atoms with Crippen molar-refractivity contribution in [2.75, 3.05) is 13.2 Å². The number of carbonyl (C=O) groups is 2. The Morgan fingerprint density at radius 1 is 0.805 bits per heavy atom. The molecule has 4 heterocycles. The first-order valence-electron chi connectivity index (χ1n) is 13.2. The van der Waals surface area contributed by atoms with Gasteiger partial charge < -0.3 is 19.4 Å². The molecule has 0 radical (unpaired) electrons. The summed E-state index contributed by atoms with van der Waals surface area (Å²) in [6, 6.07) is 0. The van der Waals surface area contributed by atoms with Crippen LogP contribution >= 0.6 is 31.9 Å². The molecule has 224 valence electrons. The van der Waals surface area contributed by atoms with E-state index in [1.54, 1.807) is 13.8 Å². The monoisotopic (exact) mass is 780 g/mol. The smallest absolute Gasteiger partial charge is 0.662 e. The molecule has 2 aromatic heterocycles. The molecule has 0 bridgehead atoms. The zero-order chi connectivity index (χ0) is 29.8. The molecule has 0 spiro atoms. The number of hydrogen-bond donors (Lipinski definition) is 0. The van der Waals surface area contributed by atoms with E-state index >= 15 is 0 Å². The van der Waals surface area contributed by atoms with Gasteiger partial charge in [-0.2, -0.15) is 12.4 Å². The van der Waals surface area contributed by atoms with Crippen LogP contribution in [0.3, 0.4) is 0 Å². The summed E-state index contributed by atoms with van der Waals surface area (Å²) < 4.78 is 11.3. The van der Waals surface area contributed by atoms with Crippen molar-refractivity contribution in [1.82, 2.24) is 9.97 Å². The average Bonchev–Trinajstić information content (AvgIpc) is 3.55. The van der Waals surface area contributed by atoms with E-state index in [0.717, 1.165) is 47.0 Å². The van der Waals surface area contributed by atoms with E-state index < -0.39 is 0 Å². The molecule has 0 saturated carbocycles. The summed E-state index contributed by atoms with van der Waals surface area (Å²) in [7, 11) is 0. The first kappa shape index (κ1) is 35.1. The van der Waals surface area contributed by atoms with E-state index in [0.29, 0.717) is 33.3 Å². The van der Waals surface area contributed by atoms with Gasteiger partial charge in [-0.1, -0.05) is 71.7 Å². The number of carbonyl (C=O) groups excluding carboxylic acids is 2. The van der Waals surface area contributed by atoms with Crippen LogP contribution in [0.2, 0.25) is 0 Å². The van der Waals surface area contributed by atoms with Crippen LogP contribution in [0.5, 0.6) is 0 Å². The number of halogens is 2. The Kier molecular flexibility index (Phi) is 12.4. The molecular weight excluding hydrogens is 747 g/mol. The largest absolute Gasteiger partial charge is 2.00 e. The normalized spacial score (nSPS) is 18.8. The van der Waals surface area contributed by atoms with Gasteiger partial charge in [-0.25, -0.2) is 9.59 Å². The summed E-state index contributed by atoms with van der Waals surface area (Å²) in [4.78, 5) is 41.1. The first-order valence-corrected chi connectivity index (χ1v) is 14.8. The SMILES string of the molecule is CCOC(=O)c1c[n-]c(/C=C2/CC(C)(C)C(C)=N2)c1Br.CCOC(=O)c1c[n-]c(/C=C2/CC(C)(C)C(C)=N2)c1Br.[Pd+2]. The van der Waals surface area contributed by atoms with Crippen LogP contribution in [0, 0.1) is 10.8 Å². The topological polar surface area (TPSA) is 106 Å². The summed E-state index contributed by atoms with van der Waals surface area (Å²) in [6.45, 7) is 17.0. The molecule has 0 unspecified atom stereocenters. The van der Waals surface area contributed by atoms with E-state index in [1.165, 1.54) is 12.4 Å². The van der Waals surface area contributed by atoms with Crippen molar-refractivity contribution in [1.29, 1.82) is 0 Å². The molecule has 8 nitrogen and oxygen atoms in total. The van der Waals surface area contributed by atoms with Gasteiger partial charge in [0.25, 0.3) is 0 Å². The molecule has 0 saturated heterocycles. The van der Waals surface area contributed by atoms with Gasteiger partial charge in [0.1, 0.15) is 0 Å². The Morgan fingerprint density at radius 2 is 1.15 bits per heavy atom. The molecule has 2 aliphatic heterocycles. The van der Waals surface area contributed by atoms with Crippen molar-refractivity contribution < 1.29 is 39.5 Å². The average molecular weight is 783 g/mol. The number of aliphatic imine (C=N–C) groups is 2. The Morgan fingerprint density at radius 3 is 1.41 bits per heavy atom. The van der Waals surface area contributed by atoms with Crippen molar-refractivity contribution >= 4 is 67.4 Å². The van der Waals surface area contributed by atoms with Gasteiger partial charge in [0.2, 0.25) is 0 Å². The van der Waals surface area contributed by atoms with Crippen molar-refractivity contribution in [3.63, 3.8) is 0 Å². The third kappa shape index (κ3) is 8.50. The predicted molar refractivity (Wildman–Crippen MR) is 166 cm³/mol. The molecule has 0 atom stereocenters. The maximum absolute atomic E-state index is 11.7. The third-order valence-corrected chi connectivity index (χ3v) is 8.68. The Bertz CT molecular complexity index is 1310. The van der Waals surface area contributed by atoms with Crippen LogP contribution in [0.15, 0.2) is 42.7 Å². The summed E-state index contributed by atoms with van der Waals surface area (Å²) in [5, 5.41) is 0. The molecule has 0 amide bonds. The van der Waals surface area contributed by atoms with Crippen LogP contribution < -0.4 is 9.97 Å². The van der Waals surface area contributed by atoms with Gasteiger partial charge in [-0.15, -0.1) is 11.4 Å². The minimum atomic E-state index is -0.358. The standard InChI is InChI=1S/2C15H19BrN2O2.Pd/c2*1-5-20-14(19)11-8-17-12(13(11)16)6-10-7-15(3,4)9(2)18-10;/h2*6,8H,5,7H2,1-4H3,(H,17,19);/q;;+2/p-2/b2*10-6-;. The van der Waals surface area contributed by atoms with Crippen LogP contribution in [0.25, 0.3) is 12.2 Å². The fourth-order valence-corrected chi connectivity index (χ4v) is 5.09. The van der Waals surface area contributed by atoms with E-state index in [9.17, 15) is 9.59 Å². The maximum Gasteiger partial charge on any atom is 2.00 e. The molecule has 0 aromatic carbocycles. The van der Waals surface area contributed by atoms with E-state index in [4.69, 9.17) is 9.47 Å². The zero-order valence-corrected chi connectivity index (χ0v) is 29.4. The maximum atomic E-state index is 11.7. The van der Waals surface area contributed by atoms with Crippen molar-refractivity contribution in [3.05, 3.63) is 55.2 Å². The Balaban J connectivity index is 0.000000280. The number of rotatable bonds is 6. The van der Waals surface area contributed by atoms with E-state index in [2.05, 4.69) is 79.5 Å². The summed E-state index contributed by atoms with van der Waals surface area (Å²) in [6.07, 6.45) is 8.67. The molecule has 0 N–H and O–H groups in total.